The van der Waals surface area contributed by atoms with Gasteiger partial charge in [-0.2, -0.15) is 5.10 Å². The lowest BCUT2D eigenvalue weighted by atomic mass is 10.0. The summed E-state index contributed by atoms with van der Waals surface area (Å²) in [7, 11) is 0. The molecule has 2 heterocycles. The minimum atomic E-state index is -0.273. The number of hydrogen-bond acceptors (Lipinski definition) is 4. The van der Waals surface area contributed by atoms with Crippen LogP contribution >= 0.6 is 0 Å². The predicted octanol–water partition coefficient (Wildman–Crippen LogP) is 4.20. The molecule has 27 heavy (non-hydrogen) atoms. The van der Waals surface area contributed by atoms with Gasteiger partial charge in [-0.3, -0.25) is 4.79 Å². The van der Waals surface area contributed by atoms with Crippen LogP contribution in [0.5, 0.6) is 5.75 Å². The first kappa shape index (κ1) is 17.0. The minimum Gasteiger partial charge on any atom is -0.507 e. The van der Waals surface area contributed by atoms with Crippen molar-refractivity contribution in [3.05, 3.63) is 83.2 Å². The molecule has 0 aliphatic rings. The van der Waals surface area contributed by atoms with Crippen LogP contribution < -0.4 is 0 Å². The van der Waals surface area contributed by atoms with Crippen LogP contribution in [-0.4, -0.2) is 25.5 Å². The average molecular weight is 357 g/mol. The Balaban J connectivity index is 1.76. The molecule has 0 spiro atoms. The number of benzene rings is 2. The number of hydrogen-bond donors (Lipinski definition) is 1. The van der Waals surface area contributed by atoms with Crippen molar-refractivity contribution in [1.29, 1.82) is 0 Å². The Hall–Kier alpha value is -3.47. The van der Waals surface area contributed by atoms with Crippen LogP contribution in [0.3, 0.4) is 0 Å². The number of aromatic hydroxyl groups is 1. The maximum absolute atomic E-state index is 12.9. The van der Waals surface area contributed by atoms with E-state index in [1.165, 1.54) is 6.20 Å². The molecule has 1 N–H and O–H groups in total. The van der Waals surface area contributed by atoms with Crippen molar-refractivity contribution in [2.75, 3.05) is 0 Å². The number of ketones is 1. The summed E-state index contributed by atoms with van der Waals surface area (Å²) in [5.74, 6) is -0.302. The molecule has 0 amide bonds. The van der Waals surface area contributed by atoms with Gasteiger partial charge in [0.25, 0.3) is 0 Å². The number of aryl methyl sites for hydroxylation is 2. The first-order valence-electron chi connectivity index (χ1n) is 8.85. The number of phenols is 1. The Morgan fingerprint density at radius 3 is 2.74 bits per heavy atom. The highest BCUT2D eigenvalue weighted by Gasteiger charge is 2.16. The van der Waals surface area contributed by atoms with E-state index in [2.05, 4.69) is 10.1 Å². The van der Waals surface area contributed by atoms with E-state index in [0.29, 0.717) is 11.2 Å². The first-order valence-corrected chi connectivity index (χ1v) is 8.85. The summed E-state index contributed by atoms with van der Waals surface area (Å²) in [5.41, 5.74) is 5.28. The zero-order valence-electron chi connectivity index (χ0n) is 15.2. The number of aromatic nitrogens is 3. The first-order chi connectivity index (χ1) is 13.1. The quantitative estimate of drug-likeness (QED) is 0.556. The van der Waals surface area contributed by atoms with Crippen LogP contribution in [0.15, 0.2) is 60.9 Å². The molecule has 0 atom stereocenters. The Morgan fingerprint density at radius 2 is 1.96 bits per heavy atom. The largest absolute Gasteiger partial charge is 0.507 e. The van der Waals surface area contributed by atoms with Crippen molar-refractivity contribution in [3.8, 4) is 17.0 Å². The fourth-order valence-electron chi connectivity index (χ4n) is 3.13. The van der Waals surface area contributed by atoms with Crippen LogP contribution in [0.2, 0.25) is 0 Å². The van der Waals surface area contributed by atoms with E-state index in [0.717, 1.165) is 28.8 Å². The highest BCUT2D eigenvalue weighted by molar-refractivity contribution is 6.10. The average Bonchev–Trinajstić information content (AvgIpc) is 3.11. The number of fused-ring (bicyclic) bond motifs is 1. The van der Waals surface area contributed by atoms with Crippen LogP contribution in [-0.2, 0) is 6.42 Å². The lowest BCUT2D eigenvalue weighted by Crippen LogP contribution is -2.05. The number of rotatable bonds is 4. The van der Waals surface area contributed by atoms with E-state index >= 15 is 0 Å². The van der Waals surface area contributed by atoms with Gasteiger partial charge in [0.05, 0.1) is 16.8 Å². The van der Waals surface area contributed by atoms with Gasteiger partial charge < -0.3 is 5.11 Å². The van der Waals surface area contributed by atoms with Crippen molar-refractivity contribution in [3.63, 3.8) is 0 Å². The van der Waals surface area contributed by atoms with E-state index < -0.39 is 0 Å². The second kappa shape index (κ2) is 6.68. The van der Waals surface area contributed by atoms with Crippen molar-refractivity contribution >= 4 is 11.4 Å². The van der Waals surface area contributed by atoms with Gasteiger partial charge in [-0.1, -0.05) is 37.3 Å². The normalized spacial score (nSPS) is 11.0. The molecule has 2 aromatic heterocycles. The number of nitrogens with zero attached hydrogens (tertiary/aromatic N) is 3. The standard InChI is InChI=1S/C22H19N3O2/c1-3-15-8-9-20(26)18(10-15)22(27)16-12-23-21-11-19(24-25(21)13-16)17-7-5-4-6-14(17)2/h4-13,26H,3H2,1-2H3. The highest BCUT2D eigenvalue weighted by Crippen LogP contribution is 2.24. The molecule has 0 aliphatic carbocycles. The zero-order chi connectivity index (χ0) is 19.0. The topological polar surface area (TPSA) is 67.5 Å². The lowest BCUT2D eigenvalue weighted by Gasteiger charge is -2.06. The van der Waals surface area contributed by atoms with E-state index in [1.54, 1.807) is 22.8 Å². The fraction of sp³-hybridized carbons (Fsp3) is 0.136. The van der Waals surface area contributed by atoms with Crippen molar-refractivity contribution in [2.45, 2.75) is 20.3 Å². The molecule has 4 aromatic rings. The highest BCUT2D eigenvalue weighted by atomic mass is 16.3. The molecule has 2 aromatic carbocycles. The van der Waals surface area contributed by atoms with E-state index in [-0.39, 0.29) is 17.1 Å². The van der Waals surface area contributed by atoms with Gasteiger partial charge in [0.15, 0.2) is 11.4 Å². The molecule has 0 bridgehead atoms. The van der Waals surface area contributed by atoms with E-state index in [1.807, 2.05) is 50.2 Å². The monoisotopic (exact) mass is 357 g/mol. The van der Waals surface area contributed by atoms with Gasteiger partial charge >= 0.3 is 0 Å². The van der Waals surface area contributed by atoms with Gasteiger partial charge in [0.2, 0.25) is 0 Å². The van der Waals surface area contributed by atoms with Gasteiger partial charge in [-0.25, -0.2) is 9.50 Å². The molecule has 5 heteroatoms. The molecule has 4 rings (SSSR count). The van der Waals surface area contributed by atoms with Gasteiger partial charge in [0, 0.05) is 24.0 Å². The summed E-state index contributed by atoms with van der Waals surface area (Å²) in [6.07, 6.45) is 3.97. The molecule has 0 unspecified atom stereocenters. The smallest absolute Gasteiger partial charge is 0.199 e. The Morgan fingerprint density at radius 1 is 1.15 bits per heavy atom. The predicted molar refractivity (Wildman–Crippen MR) is 104 cm³/mol. The van der Waals surface area contributed by atoms with Crippen molar-refractivity contribution in [1.82, 2.24) is 14.6 Å². The molecule has 0 fully saturated rings. The van der Waals surface area contributed by atoms with Crippen LogP contribution in [0, 0.1) is 6.92 Å². The third kappa shape index (κ3) is 3.08. The summed E-state index contributed by atoms with van der Waals surface area (Å²) in [4.78, 5) is 17.2. The maximum atomic E-state index is 12.9. The maximum Gasteiger partial charge on any atom is 0.199 e. The fourth-order valence-corrected chi connectivity index (χ4v) is 3.13. The molecule has 0 saturated heterocycles. The van der Waals surface area contributed by atoms with Crippen LogP contribution in [0.25, 0.3) is 16.9 Å². The van der Waals surface area contributed by atoms with Crippen molar-refractivity contribution < 1.29 is 9.90 Å². The molecule has 134 valence electrons. The van der Waals surface area contributed by atoms with Gasteiger partial charge in [-0.05, 0) is 36.6 Å². The summed E-state index contributed by atoms with van der Waals surface area (Å²) < 4.78 is 1.61. The van der Waals surface area contributed by atoms with E-state index in [9.17, 15) is 9.90 Å². The molecular formula is C22H19N3O2. The zero-order valence-corrected chi connectivity index (χ0v) is 15.2. The third-order valence-corrected chi connectivity index (χ3v) is 4.71. The lowest BCUT2D eigenvalue weighted by molar-refractivity contribution is 0.103. The van der Waals surface area contributed by atoms with Gasteiger partial charge in [-0.15, -0.1) is 0 Å². The Bertz CT molecular complexity index is 1160. The van der Waals surface area contributed by atoms with Crippen molar-refractivity contribution in [2.24, 2.45) is 0 Å². The summed E-state index contributed by atoms with van der Waals surface area (Å²) >= 11 is 0. The molecule has 0 radical (unpaired) electrons. The molecular weight excluding hydrogens is 338 g/mol. The Kier molecular flexibility index (Phi) is 4.20. The SMILES string of the molecule is CCc1ccc(O)c(C(=O)c2cnc3cc(-c4ccccc4C)nn3c2)c1. The van der Waals surface area contributed by atoms with E-state index in [4.69, 9.17) is 0 Å². The summed E-state index contributed by atoms with van der Waals surface area (Å²) in [6.45, 7) is 4.04. The second-order valence-corrected chi connectivity index (χ2v) is 6.52. The molecule has 0 aliphatic heterocycles. The number of carbonyl (C=O) groups excluding carboxylic acids is 1. The minimum absolute atomic E-state index is 0.0293. The molecule has 5 nitrogen and oxygen atoms in total. The van der Waals surface area contributed by atoms with Crippen LogP contribution in [0.1, 0.15) is 34.0 Å². The summed E-state index contributed by atoms with van der Waals surface area (Å²) in [6, 6.07) is 15.0. The van der Waals surface area contributed by atoms with Gasteiger partial charge in [0.1, 0.15) is 5.75 Å². The Labute approximate surface area is 156 Å². The number of carbonyl (C=O) groups is 1. The second-order valence-electron chi connectivity index (χ2n) is 6.52. The summed E-state index contributed by atoms with van der Waals surface area (Å²) in [5, 5.41) is 14.7. The van der Waals surface area contributed by atoms with Crippen LogP contribution in [0.4, 0.5) is 0 Å². The third-order valence-electron chi connectivity index (χ3n) is 4.71. The molecule has 0 saturated carbocycles. The number of phenolic OH excluding ortho intramolecular Hbond substituents is 1.